The Bertz CT molecular complexity index is 364. The highest BCUT2D eigenvalue weighted by molar-refractivity contribution is 9.08. The summed E-state index contributed by atoms with van der Waals surface area (Å²) in [4.78, 5) is 3.99. The van der Waals surface area contributed by atoms with Crippen molar-refractivity contribution in [3.05, 3.63) is 48.5 Å². The van der Waals surface area contributed by atoms with E-state index in [9.17, 15) is 0 Å². The van der Waals surface area contributed by atoms with Gasteiger partial charge in [0.2, 0.25) is 0 Å². The average molecular weight is 237 g/mol. The number of hydrogen-bond donors (Lipinski definition) is 0. The van der Waals surface area contributed by atoms with Crippen molar-refractivity contribution in [2.24, 2.45) is 0 Å². The summed E-state index contributed by atoms with van der Waals surface area (Å²) in [6.07, 6.45) is 5.50. The maximum atomic E-state index is 3.99. The molecule has 0 aliphatic heterocycles. The first kappa shape index (κ1) is 8.51. The number of benzene rings is 1. The Morgan fingerprint density at radius 2 is 2.00 bits per heavy atom. The molecule has 0 radical (unpaired) electrons. The lowest BCUT2D eigenvalue weighted by Crippen LogP contribution is -1.89. The third-order valence-electron chi connectivity index (χ3n) is 1.89. The second-order valence-electron chi connectivity index (χ2n) is 2.77. The van der Waals surface area contributed by atoms with Crippen LogP contribution in [0.1, 0.15) is 5.56 Å². The Kier molecular flexibility index (Phi) is 2.45. The molecular formula is C10H9BrN2. The summed E-state index contributed by atoms with van der Waals surface area (Å²) in [7, 11) is 0. The molecule has 0 aliphatic carbocycles. The Labute approximate surface area is 85.4 Å². The third kappa shape index (κ3) is 1.80. The smallest absolute Gasteiger partial charge is 0.0991 e. The Morgan fingerprint density at radius 3 is 2.54 bits per heavy atom. The molecule has 13 heavy (non-hydrogen) atoms. The molecule has 0 aliphatic rings. The molecule has 0 amide bonds. The van der Waals surface area contributed by atoms with E-state index < -0.39 is 0 Å². The predicted octanol–water partition coefficient (Wildman–Crippen LogP) is 2.77. The molecule has 0 fully saturated rings. The van der Waals surface area contributed by atoms with E-state index in [0.717, 1.165) is 11.0 Å². The molecule has 66 valence electrons. The molecule has 0 saturated heterocycles. The van der Waals surface area contributed by atoms with Crippen molar-refractivity contribution >= 4 is 15.9 Å². The molecule has 0 saturated carbocycles. The van der Waals surface area contributed by atoms with Crippen LogP contribution >= 0.6 is 15.9 Å². The maximum absolute atomic E-state index is 3.99. The minimum Gasteiger partial charge on any atom is -0.306 e. The molecule has 0 bridgehead atoms. The highest BCUT2D eigenvalue weighted by Crippen LogP contribution is 2.11. The van der Waals surface area contributed by atoms with Gasteiger partial charge in [0.05, 0.1) is 6.33 Å². The van der Waals surface area contributed by atoms with Crippen molar-refractivity contribution in [2.45, 2.75) is 5.33 Å². The van der Waals surface area contributed by atoms with Crippen molar-refractivity contribution in [1.29, 1.82) is 0 Å². The van der Waals surface area contributed by atoms with Gasteiger partial charge < -0.3 is 4.57 Å². The molecular weight excluding hydrogens is 228 g/mol. The number of rotatable bonds is 2. The van der Waals surface area contributed by atoms with Gasteiger partial charge >= 0.3 is 0 Å². The first-order valence-electron chi connectivity index (χ1n) is 4.03. The van der Waals surface area contributed by atoms with Crippen molar-refractivity contribution in [3.63, 3.8) is 0 Å². The SMILES string of the molecule is BrCc1ccc(-n2ccnc2)cc1. The fourth-order valence-corrected chi connectivity index (χ4v) is 1.54. The minimum atomic E-state index is 0.900. The van der Waals surface area contributed by atoms with Crippen LogP contribution in [-0.2, 0) is 5.33 Å². The molecule has 0 N–H and O–H groups in total. The molecule has 1 aromatic carbocycles. The molecule has 2 aromatic rings. The van der Waals surface area contributed by atoms with Gasteiger partial charge in [0.25, 0.3) is 0 Å². The van der Waals surface area contributed by atoms with Gasteiger partial charge in [-0.1, -0.05) is 28.1 Å². The van der Waals surface area contributed by atoms with E-state index >= 15 is 0 Å². The summed E-state index contributed by atoms with van der Waals surface area (Å²) in [5.41, 5.74) is 2.42. The first-order valence-corrected chi connectivity index (χ1v) is 5.15. The van der Waals surface area contributed by atoms with Crippen molar-refractivity contribution in [2.75, 3.05) is 0 Å². The van der Waals surface area contributed by atoms with Crippen molar-refractivity contribution < 1.29 is 0 Å². The summed E-state index contributed by atoms with van der Waals surface area (Å²) in [5.74, 6) is 0. The van der Waals surface area contributed by atoms with E-state index in [4.69, 9.17) is 0 Å². The Morgan fingerprint density at radius 1 is 1.23 bits per heavy atom. The van der Waals surface area contributed by atoms with Crippen LogP contribution in [-0.4, -0.2) is 9.55 Å². The number of halogens is 1. The molecule has 3 heteroatoms. The average Bonchev–Trinajstić information content (AvgIpc) is 2.71. The van der Waals surface area contributed by atoms with Crippen LogP contribution in [0.4, 0.5) is 0 Å². The van der Waals surface area contributed by atoms with Crippen LogP contribution in [0.5, 0.6) is 0 Å². The monoisotopic (exact) mass is 236 g/mol. The van der Waals surface area contributed by atoms with Crippen molar-refractivity contribution in [3.8, 4) is 5.69 Å². The zero-order valence-electron chi connectivity index (χ0n) is 7.02. The lowest BCUT2D eigenvalue weighted by molar-refractivity contribution is 1.05. The van der Waals surface area contributed by atoms with Gasteiger partial charge in [0.1, 0.15) is 0 Å². The van der Waals surface area contributed by atoms with Crippen LogP contribution < -0.4 is 0 Å². The molecule has 1 heterocycles. The van der Waals surface area contributed by atoms with Crippen LogP contribution in [0.15, 0.2) is 43.0 Å². The number of hydrogen-bond acceptors (Lipinski definition) is 1. The third-order valence-corrected chi connectivity index (χ3v) is 2.54. The summed E-state index contributed by atoms with van der Waals surface area (Å²) >= 11 is 3.41. The largest absolute Gasteiger partial charge is 0.306 e. The van der Waals surface area contributed by atoms with Crippen molar-refractivity contribution in [1.82, 2.24) is 9.55 Å². The lowest BCUT2D eigenvalue weighted by Gasteiger charge is -2.01. The normalized spacial score (nSPS) is 10.2. The second kappa shape index (κ2) is 3.75. The van der Waals surface area contributed by atoms with Gasteiger partial charge in [0, 0.05) is 23.4 Å². The van der Waals surface area contributed by atoms with Gasteiger partial charge in [-0.05, 0) is 17.7 Å². The lowest BCUT2D eigenvalue weighted by atomic mass is 10.2. The van der Waals surface area contributed by atoms with Gasteiger partial charge in [-0.15, -0.1) is 0 Å². The zero-order chi connectivity index (χ0) is 9.10. The highest BCUT2D eigenvalue weighted by Gasteiger charge is 1.94. The molecule has 0 atom stereocenters. The van der Waals surface area contributed by atoms with Gasteiger partial charge in [-0.2, -0.15) is 0 Å². The molecule has 2 nitrogen and oxygen atoms in total. The van der Waals surface area contributed by atoms with Gasteiger partial charge in [-0.3, -0.25) is 0 Å². The maximum Gasteiger partial charge on any atom is 0.0991 e. The van der Waals surface area contributed by atoms with Crippen LogP contribution in [0.2, 0.25) is 0 Å². The summed E-state index contributed by atoms with van der Waals surface area (Å²) in [5, 5.41) is 0.900. The molecule has 0 spiro atoms. The van der Waals surface area contributed by atoms with E-state index in [1.807, 2.05) is 10.8 Å². The molecule has 1 aromatic heterocycles. The zero-order valence-corrected chi connectivity index (χ0v) is 8.61. The van der Waals surface area contributed by atoms with Gasteiger partial charge in [0.15, 0.2) is 0 Å². The van der Waals surface area contributed by atoms with E-state index in [0.29, 0.717) is 0 Å². The standard InChI is InChI=1S/C10H9BrN2/c11-7-9-1-3-10(4-2-9)13-6-5-12-8-13/h1-6,8H,7H2. The number of alkyl halides is 1. The fraction of sp³-hybridized carbons (Fsp3) is 0.100. The van der Waals surface area contributed by atoms with E-state index in [1.165, 1.54) is 5.56 Å². The Hall–Kier alpha value is -1.09. The van der Waals surface area contributed by atoms with Crippen LogP contribution in [0, 0.1) is 0 Å². The van der Waals surface area contributed by atoms with Crippen LogP contribution in [0.25, 0.3) is 5.69 Å². The molecule has 2 rings (SSSR count). The van der Waals surface area contributed by atoms with E-state index in [2.05, 4.69) is 45.2 Å². The van der Waals surface area contributed by atoms with E-state index in [-0.39, 0.29) is 0 Å². The summed E-state index contributed by atoms with van der Waals surface area (Å²) in [6.45, 7) is 0. The molecule has 0 unspecified atom stereocenters. The summed E-state index contributed by atoms with van der Waals surface area (Å²) < 4.78 is 1.98. The quantitative estimate of drug-likeness (QED) is 0.734. The van der Waals surface area contributed by atoms with Crippen LogP contribution in [0.3, 0.4) is 0 Å². The summed E-state index contributed by atoms with van der Waals surface area (Å²) in [6, 6.07) is 8.37. The predicted molar refractivity (Wildman–Crippen MR) is 56.2 cm³/mol. The number of imidazole rings is 1. The first-order chi connectivity index (χ1) is 6.40. The number of nitrogens with zero attached hydrogens (tertiary/aromatic N) is 2. The number of aromatic nitrogens is 2. The minimum absolute atomic E-state index is 0.900. The van der Waals surface area contributed by atoms with E-state index in [1.54, 1.807) is 12.5 Å². The van der Waals surface area contributed by atoms with Gasteiger partial charge in [-0.25, -0.2) is 4.98 Å². The second-order valence-corrected chi connectivity index (χ2v) is 3.33. The Balaban J connectivity index is 2.33. The topological polar surface area (TPSA) is 17.8 Å². The highest BCUT2D eigenvalue weighted by atomic mass is 79.9. The fourth-order valence-electron chi connectivity index (χ4n) is 1.17.